The van der Waals surface area contributed by atoms with Gasteiger partial charge in [-0.2, -0.15) is 21.4 Å². The molecule has 0 spiro atoms. The van der Waals surface area contributed by atoms with Gasteiger partial charge >= 0.3 is 0 Å². The molecule has 3 aromatic rings. The molecular formula is C14H15N5OS. The third kappa shape index (κ3) is 2.23. The van der Waals surface area contributed by atoms with Crippen molar-refractivity contribution >= 4 is 17.2 Å². The monoisotopic (exact) mass is 301 g/mol. The molecule has 0 saturated heterocycles. The summed E-state index contributed by atoms with van der Waals surface area (Å²) in [7, 11) is 0. The molecule has 0 unspecified atom stereocenters. The van der Waals surface area contributed by atoms with Crippen molar-refractivity contribution in [3.63, 3.8) is 0 Å². The number of aryl methyl sites for hydroxylation is 1. The molecule has 0 atom stereocenters. The van der Waals surface area contributed by atoms with E-state index in [1.54, 1.807) is 11.3 Å². The van der Waals surface area contributed by atoms with Gasteiger partial charge in [0.05, 0.1) is 6.54 Å². The first-order valence-corrected chi connectivity index (χ1v) is 7.89. The number of hydrogen-bond acceptors (Lipinski definition) is 6. The molecule has 0 bridgehead atoms. The molecule has 1 aliphatic heterocycles. The minimum atomic E-state index is 0.606. The lowest BCUT2D eigenvalue weighted by Crippen LogP contribution is -2.29. The molecular weight excluding hydrogens is 286 g/mol. The van der Waals surface area contributed by atoms with E-state index in [-0.39, 0.29) is 0 Å². The van der Waals surface area contributed by atoms with E-state index in [1.807, 2.05) is 16.8 Å². The lowest BCUT2D eigenvalue weighted by Gasteiger charge is -2.26. The first kappa shape index (κ1) is 12.6. The molecule has 21 heavy (non-hydrogen) atoms. The molecule has 0 radical (unpaired) electrons. The van der Waals surface area contributed by atoms with Crippen molar-refractivity contribution in [2.45, 2.75) is 26.3 Å². The van der Waals surface area contributed by atoms with E-state index < -0.39 is 0 Å². The standard InChI is InChI=1S/C14H15N5OS/c1-9-11-3-2-5-19(14(11)17-16-9)7-12-15-13(18-20-12)10-4-6-21-8-10/h4,6,8H,2-3,5,7H2,1H3,(H,16,17). The highest BCUT2D eigenvalue weighted by Crippen LogP contribution is 2.28. The van der Waals surface area contributed by atoms with E-state index in [0.717, 1.165) is 36.5 Å². The van der Waals surface area contributed by atoms with Gasteiger partial charge in [0, 0.05) is 28.7 Å². The van der Waals surface area contributed by atoms with E-state index in [0.29, 0.717) is 18.3 Å². The summed E-state index contributed by atoms with van der Waals surface area (Å²) in [6.45, 7) is 3.64. The highest BCUT2D eigenvalue weighted by Gasteiger charge is 2.23. The number of aromatic nitrogens is 4. The van der Waals surface area contributed by atoms with Gasteiger partial charge in [-0.25, -0.2) is 0 Å². The smallest absolute Gasteiger partial charge is 0.246 e. The highest BCUT2D eigenvalue weighted by molar-refractivity contribution is 7.08. The van der Waals surface area contributed by atoms with Crippen molar-refractivity contribution in [1.82, 2.24) is 20.3 Å². The second-order valence-electron chi connectivity index (χ2n) is 5.20. The molecule has 6 nitrogen and oxygen atoms in total. The minimum Gasteiger partial charge on any atom is -0.346 e. The number of nitrogens with one attached hydrogen (secondary N) is 1. The van der Waals surface area contributed by atoms with Crippen LogP contribution < -0.4 is 4.90 Å². The fourth-order valence-electron chi connectivity index (χ4n) is 2.70. The molecule has 0 aliphatic carbocycles. The predicted molar refractivity (Wildman–Crippen MR) is 80.3 cm³/mol. The van der Waals surface area contributed by atoms with Crippen molar-refractivity contribution in [2.75, 3.05) is 11.4 Å². The lowest BCUT2D eigenvalue weighted by molar-refractivity contribution is 0.375. The van der Waals surface area contributed by atoms with Gasteiger partial charge in [-0.1, -0.05) is 5.16 Å². The molecule has 7 heteroatoms. The molecule has 0 amide bonds. The van der Waals surface area contributed by atoms with Crippen LogP contribution in [-0.2, 0) is 13.0 Å². The quantitative estimate of drug-likeness (QED) is 0.805. The maximum atomic E-state index is 5.38. The Kier molecular flexibility index (Phi) is 2.99. The van der Waals surface area contributed by atoms with E-state index in [1.165, 1.54) is 5.56 Å². The van der Waals surface area contributed by atoms with Crippen molar-refractivity contribution in [2.24, 2.45) is 0 Å². The second-order valence-corrected chi connectivity index (χ2v) is 5.98. The Balaban J connectivity index is 1.57. The van der Waals surface area contributed by atoms with Crippen LogP contribution in [0.3, 0.4) is 0 Å². The average Bonchev–Trinajstić information content (AvgIpc) is 3.20. The van der Waals surface area contributed by atoms with Gasteiger partial charge in [-0.15, -0.1) is 0 Å². The summed E-state index contributed by atoms with van der Waals surface area (Å²) in [5, 5.41) is 15.5. The van der Waals surface area contributed by atoms with Crippen LogP contribution in [0.25, 0.3) is 11.4 Å². The maximum Gasteiger partial charge on any atom is 0.246 e. The van der Waals surface area contributed by atoms with Crippen LogP contribution in [0.1, 0.15) is 23.6 Å². The van der Waals surface area contributed by atoms with E-state index >= 15 is 0 Å². The highest BCUT2D eigenvalue weighted by atomic mass is 32.1. The molecule has 0 fully saturated rings. The Morgan fingerprint density at radius 1 is 1.48 bits per heavy atom. The summed E-state index contributed by atoms with van der Waals surface area (Å²) in [4.78, 5) is 6.68. The number of anilines is 1. The van der Waals surface area contributed by atoms with E-state index in [9.17, 15) is 0 Å². The first-order valence-electron chi connectivity index (χ1n) is 6.95. The molecule has 1 N–H and O–H groups in total. The molecule has 0 saturated carbocycles. The number of fused-ring (bicyclic) bond motifs is 1. The minimum absolute atomic E-state index is 0.606. The maximum absolute atomic E-state index is 5.38. The van der Waals surface area contributed by atoms with Crippen LogP contribution in [0.2, 0.25) is 0 Å². The van der Waals surface area contributed by atoms with Crippen LogP contribution in [0.5, 0.6) is 0 Å². The number of H-pyrrole nitrogens is 1. The summed E-state index contributed by atoms with van der Waals surface area (Å²) < 4.78 is 5.38. The lowest BCUT2D eigenvalue weighted by atomic mass is 10.1. The van der Waals surface area contributed by atoms with Crippen LogP contribution in [0.4, 0.5) is 5.82 Å². The molecule has 108 valence electrons. The first-order chi connectivity index (χ1) is 10.3. The molecule has 4 rings (SSSR count). The fraction of sp³-hybridized carbons (Fsp3) is 0.357. The Bertz CT molecular complexity index is 745. The second kappa shape index (κ2) is 5.00. The Morgan fingerprint density at radius 3 is 3.29 bits per heavy atom. The van der Waals surface area contributed by atoms with Gasteiger partial charge in [-0.05, 0) is 31.2 Å². The number of hydrogen-bond donors (Lipinski definition) is 1. The third-order valence-electron chi connectivity index (χ3n) is 3.78. The van der Waals surface area contributed by atoms with Crippen LogP contribution in [0, 0.1) is 6.92 Å². The van der Waals surface area contributed by atoms with Crippen molar-refractivity contribution in [3.05, 3.63) is 34.0 Å². The summed E-state index contributed by atoms with van der Waals surface area (Å²) in [5.41, 5.74) is 3.46. The summed E-state index contributed by atoms with van der Waals surface area (Å²) in [6.07, 6.45) is 2.21. The summed E-state index contributed by atoms with van der Waals surface area (Å²) in [5.74, 6) is 2.31. The zero-order valence-corrected chi connectivity index (χ0v) is 12.5. The van der Waals surface area contributed by atoms with Crippen molar-refractivity contribution < 1.29 is 4.52 Å². The van der Waals surface area contributed by atoms with Gasteiger partial charge in [0.15, 0.2) is 5.82 Å². The summed E-state index contributed by atoms with van der Waals surface area (Å²) >= 11 is 1.63. The Morgan fingerprint density at radius 2 is 2.43 bits per heavy atom. The van der Waals surface area contributed by atoms with Crippen molar-refractivity contribution in [1.29, 1.82) is 0 Å². The fourth-order valence-corrected chi connectivity index (χ4v) is 3.33. The van der Waals surface area contributed by atoms with Gasteiger partial charge in [0.25, 0.3) is 0 Å². The molecule has 1 aliphatic rings. The average molecular weight is 301 g/mol. The van der Waals surface area contributed by atoms with Crippen LogP contribution >= 0.6 is 11.3 Å². The molecule has 0 aromatic carbocycles. The van der Waals surface area contributed by atoms with Gasteiger partial charge in [-0.3, -0.25) is 5.10 Å². The number of aromatic amines is 1. The van der Waals surface area contributed by atoms with Gasteiger partial charge in [0.1, 0.15) is 0 Å². The predicted octanol–water partition coefficient (Wildman–Crippen LogP) is 2.78. The summed E-state index contributed by atoms with van der Waals surface area (Å²) in [6, 6.07) is 2.00. The Hall–Kier alpha value is -2.15. The largest absolute Gasteiger partial charge is 0.346 e. The van der Waals surface area contributed by atoms with Gasteiger partial charge in [0.2, 0.25) is 11.7 Å². The van der Waals surface area contributed by atoms with E-state index in [4.69, 9.17) is 4.52 Å². The SMILES string of the molecule is Cc1[nH]nc2c1CCCN2Cc1nc(-c2ccsc2)no1. The molecule has 4 heterocycles. The van der Waals surface area contributed by atoms with Crippen LogP contribution in [-0.4, -0.2) is 26.9 Å². The molecule has 3 aromatic heterocycles. The number of rotatable bonds is 3. The zero-order chi connectivity index (χ0) is 14.2. The van der Waals surface area contributed by atoms with Gasteiger partial charge < -0.3 is 9.42 Å². The third-order valence-corrected chi connectivity index (χ3v) is 4.46. The normalized spacial score (nSPS) is 14.4. The van der Waals surface area contributed by atoms with Crippen LogP contribution in [0.15, 0.2) is 21.3 Å². The Labute approximate surface area is 125 Å². The number of nitrogens with zero attached hydrogens (tertiary/aromatic N) is 4. The topological polar surface area (TPSA) is 70.8 Å². The van der Waals surface area contributed by atoms with E-state index in [2.05, 4.69) is 32.2 Å². The number of thiophene rings is 1. The zero-order valence-electron chi connectivity index (χ0n) is 11.7. The van der Waals surface area contributed by atoms with Crippen molar-refractivity contribution in [3.8, 4) is 11.4 Å².